The Hall–Kier alpha value is -3.00. The van der Waals surface area contributed by atoms with E-state index in [-0.39, 0.29) is 18.4 Å². The topological polar surface area (TPSA) is 93.2 Å². The van der Waals surface area contributed by atoms with Gasteiger partial charge >= 0.3 is 0 Å². The van der Waals surface area contributed by atoms with E-state index in [4.69, 9.17) is 4.74 Å². The van der Waals surface area contributed by atoms with Gasteiger partial charge in [0.1, 0.15) is 16.8 Å². The summed E-state index contributed by atoms with van der Waals surface area (Å²) >= 11 is 1.11. The number of hydrogen-bond donors (Lipinski definition) is 2. The van der Waals surface area contributed by atoms with Gasteiger partial charge in [0.05, 0.1) is 17.4 Å². The van der Waals surface area contributed by atoms with E-state index in [1.807, 2.05) is 0 Å². The second kappa shape index (κ2) is 5.33. The van der Waals surface area contributed by atoms with Gasteiger partial charge in [-0.05, 0) is 36.4 Å². The summed E-state index contributed by atoms with van der Waals surface area (Å²) in [6, 6.07) is 10.2. The van der Waals surface area contributed by atoms with E-state index < -0.39 is 0 Å². The number of nitrogens with one attached hydrogen (secondary N) is 2. The summed E-state index contributed by atoms with van der Waals surface area (Å²) < 4.78 is 13.5. The van der Waals surface area contributed by atoms with Gasteiger partial charge in [0.2, 0.25) is 0 Å². The van der Waals surface area contributed by atoms with Crippen molar-refractivity contribution < 1.29 is 14.3 Å². The zero-order valence-corrected chi connectivity index (χ0v) is 12.5. The number of hydrogen-bond acceptors (Lipinski definition) is 6. The van der Waals surface area contributed by atoms with Crippen LogP contribution in [0.15, 0.2) is 36.4 Å². The molecule has 7 nitrogen and oxygen atoms in total. The van der Waals surface area contributed by atoms with Crippen molar-refractivity contribution in [1.29, 1.82) is 0 Å². The van der Waals surface area contributed by atoms with Gasteiger partial charge in [-0.1, -0.05) is 0 Å². The number of carbonyl (C=O) groups is 2. The van der Waals surface area contributed by atoms with Crippen molar-refractivity contribution in [3.63, 3.8) is 0 Å². The lowest BCUT2D eigenvalue weighted by Gasteiger charge is -2.18. The lowest BCUT2D eigenvalue weighted by molar-refractivity contribution is -0.118. The summed E-state index contributed by atoms with van der Waals surface area (Å²) in [4.78, 5) is 23.7. The molecule has 1 aliphatic heterocycles. The van der Waals surface area contributed by atoms with Crippen LogP contribution < -0.4 is 15.4 Å². The highest BCUT2D eigenvalue weighted by Crippen LogP contribution is 2.30. The molecule has 3 aromatic rings. The molecule has 1 aromatic heterocycles. The number of amides is 2. The Bertz CT molecular complexity index is 937. The zero-order chi connectivity index (χ0) is 15.8. The molecule has 0 spiro atoms. The number of anilines is 2. The average Bonchev–Trinajstić information content (AvgIpc) is 3.02. The second-order valence-electron chi connectivity index (χ2n) is 4.97. The van der Waals surface area contributed by atoms with Gasteiger partial charge in [-0.15, -0.1) is 0 Å². The molecule has 2 N–H and O–H groups in total. The van der Waals surface area contributed by atoms with E-state index in [9.17, 15) is 9.59 Å². The molecule has 23 heavy (non-hydrogen) atoms. The lowest BCUT2D eigenvalue weighted by atomic mass is 10.1. The Morgan fingerprint density at radius 1 is 1.17 bits per heavy atom. The Morgan fingerprint density at radius 2 is 2.04 bits per heavy atom. The van der Waals surface area contributed by atoms with Crippen molar-refractivity contribution in [2.75, 3.05) is 17.2 Å². The number of aromatic nitrogens is 2. The third-order valence-corrected chi connectivity index (χ3v) is 3.94. The molecule has 114 valence electrons. The molecule has 8 heteroatoms. The maximum atomic E-state index is 12.3. The average molecular weight is 326 g/mol. The normalized spacial score (nSPS) is 13.1. The molecule has 2 amide bonds. The molecule has 2 heterocycles. The number of nitrogens with zero attached hydrogens (tertiary/aromatic N) is 2. The van der Waals surface area contributed by atoms with Crippen molar-refractivity contribution in [1.82, 2.24) is 8.75 Å². The van der Waals surface area contributed by atoms with Crippen molar-refractivity contribution >= 4 is 46.0 Å². The molecule has 0 aliphatic carbocycles. The quantitative estimate of drug-likeness (QED) is 0.753. The molecular formula is C15H10N4O3S. The molecule has 0 radical (unpaired) electrons. The maximum absolute atomic E-state index is 12.3. The van der Waals surface area contributed by atoms with Gasteiger partial charge < -0.3 is 15.4 Å². The SMILES string of the molecule is O=C1COc2ccc(NC(=O)c3ccc4nsnc4c3)cc2N1. The Morgan fingerprint density at radius 3 is 2.96 bits per heavy atom. The molecule has 0 saturated carbocycles. The van der Waals surface area contributed by atoms with Crippen LogP contribution in [0.3, 0.4) is 0 Å². The fourth-order valence-corrected chi connectivity index (χ4v) is 2.80. The van der Waals surface area contributed by atoms with Crippen LogP contribution >= 0.6 is 11.7 Å². The monoisotopic (exact) mass is 326 g/mol. The third-order valence-electron chi connectivity index (χ3n) is 3.39. The minimum Gasteiger partial charge on any atom is -0.482 e. The van der Waals surface area contributed by atoms with Crippen LogP contribution in [-0.2, 0) is 4.79 Å². The highest BCUT2D eigenvalue weighted by Gasteiger charge is 2.17. The summed E-state index contributed by atoms with van der Waals surface area (Å²) in [5.74, 6) is 0.0999. The van der Waals surface area contributed by atoms with Gasteiger partial charge in [-0.2, -0.15) is 8.75 Å². The number of benzene rings is 2. The summed E-state index contributed by atoms with van der Waals surface area (Å²) in [6.07, 6.45) is 0. The Balaban J connectivity index is 1.58. The Kier molecular flexibility index (Phi) is 3.16. The van der Waals surface area contributed by atoms with Crippen molar-refractivity contribution in [3.05, 3.63) is 42.0 Å². The molecular weight excluding hydrogens is 316 g/mol. The van der Waals surface area contributed by atoms with Gasteiger partial charge in [0.15, 0.2) is 6.61 Å². The predicted octanol–water partition coefficient (Wildman–Crippen LogP) is 2.27. The standard InChI is InChI=1S/C15H10N4O3S/c20-14-7-22-13-4-2-9(6-12(13)17-14)16-15(21)8-1-3-10-11(5-8)19-23-18-10/h1-6H,7H2,(H,16,21)(H,17,20). The molecule has 0 unspecified atom stereocenters. The van der Waals surface area contributed by atoms with E-state index in [1.54, 1.807) is 36.4 Å². The molecule has 4 rings (SSSR count). The molecule has 2 aromatic carbocycles. The van der Waals surface area contributed by atoms with Crippen LogP contribution in [0.2, 0.25) is 0 Å². The predicted molar refractivity (Wildman–Crippen MR) is 85.9 cm³/mol. The van der Waals surface area contributed by atoms with Crippen LogP contribution in [0.1, 0.15) is 10.4 Å². The van der Waals surface area contributed by atoms with Crippen LogP contribution in [0, 0.1) is 0 Å². The summed E-state index contributed by atoms with van der Waals surface area (Å²) in [5, 5.41) is 5.49. The van der Waals surface area contributed by atoms with Crippen LogP contribution in [0.5, 0.6) is 5.75 Å². The van der Waals surface area contributed by atoms with E-state index in [0.29, 0.717) is 28.2 Å². The fourth-order valence-electron chi connectivity index (χ4n) is 2.29. The molecule has 1 aliphatic rings. The first-order valence-electron chi connectivity index (χ1n) is 6.79. The Labute approximate surface area is 134 Å². The minimum absolute atomic E-state index is 0.000393. The number of ether oxygens (including phenoxy) is 1. The summed E-state index contributed by atoms with van der Waals surface area (Å²) in [6.45, 7) is 0.000393. The third kappa shape index (κ3) is 2.59. The first kappa shape index (κ1) is 13.6. The minimum atomic E-state index is -0.261. The first-order chi connectivity index (χ1) is 11.2. The van der Waals surface area contributed by atoms with Gasteiger partial charge in [0.25, 0.3) is 11.8 Å². The van der Waals surface area contributed by atoms with E-state index in [1.165, 1.54) is 0 Å². The van der Waals surface area contributed by atoms with Crippen LogP contribution in [0.4, 0.5) is 11.4 Å². The number of rotatable bonds is 2. The number of carbonyl (C=O) groups excluding carboxylic acids is 2. The largest absolute Gasteiger partial charge is 0.482 e. The smallest absolute Gasteiger partial charge is 0.262 e. The van der Waals surface area contributed by atoms with E-state index in [2.05, 4.69) is 19.4 Å². The van der Waals surface area contributed by atoms with Crippen molar-refractivity contribution in [2.45, 2.75) is 0 Å². The molecule has 0 atom stereocenters. The van der Waals surface area contributed by atoms with Gasteiger partial charge in [0, 0.05) is 11.3 Å². The molecule has 0 fully saturated rings. The molecule has 0 saturated heterocycles. The lowest BCUT2D eigenvalue weighted by Crippen LogP contribution is -2.25. The summed E-state index contributed by atoms with van der Waals surface area (Å²) in [5.41, 5.74) is 3.05. The van der Waals surface area contributed by atoms with Gasteiger partial charge in [-0.3, -0.25) is 9.59 Å². The van der Waals surface area contributed by atoms with Crippen molar-refractivity contribution in [2.24, 2.45) is 0 Å². The van der Waals surface area contributed by atoms with E-state index >= 15 is 0 Å². The van der Waals surface area contributed by atoms with E-state index in [0.717, 1.165) is 17.2 Å². The maximum Gasteiger partial charge on any atom is 0.262 e. The fraction of sp³-hybridized carbons (Fsp3) is 0.0667. The van der Waals surface area contributed by atoms with Crippen LogP contribution in [-0.4, -0.2) is 27.2 Å². The highest BCUT2D eigenvalue weighted by molar-refractivity contribution is 7.00. The van der Waals surface area contributed by atoms with Gasteiger partial charge in [-0.25, -0.2) is 0 Å². The highest BCUT2D eigenvalue weighted by atomic mass is 32.1. The van der Waals surface area contributed by atoms with Crippen molar-refractivity contribution in [3.8, 4) is 5.75 Å². The first-order valence-corrected chi connectivity index (χ1v) is 7.52. The number of fused-ring (bicyclic) bond motifs is 2. The van der Waals surface area contributed by atoms with Crippen LogP contribution in [0.25, 0.3) is 11.0 Å². The second-order valence-corrected chi connectivity index (χ2v) is 5.50. The zero-order valence-electron chi connectivity index (χ0n) is 11.7. The summed E-state index contributed by atoms with van der Waals surface area (Å²) in [7, 11) is 0. The molecule has 0 bridgehead atoms.